The van der Waals surface area contributed by atoms with Crippen LogP contribution < -0.4 is 10.1 Å². The lowest BCUT2D eigenvalue weighted by Gasteiger charge is -2.32. The van der Waals surface area contributed by atoms with Crippen molar-refractivity contribution >= 4 is 28.5 Å². The molecule has 0 aliphatic carbocycles. The minimum Gasteiger partial charge on any atom is -0.496 e. The SMILES string of the molecule is CCC(C)CNC(=O)C(=O)c1c[nH]c2cc(OC)c(C(=O)N3CCC(Cc4ccc(F)cc4)CC3)cc12. The maximum absolute atomic E-state index is 13.5. The number of nitrogens with one attached hydrogen (secondary N) is 2. The summed E-state index contributed by atoms with van der Waals surface area (Å²) in [6, 6.07) is 9.92. The summed E-state index contributed by atoms with van der Waals surface area (Å²) in [5.41, 5.74) is 2.30. The lowest BCUT2D eigenvalue weighted by Crippen LogP contribution is -2.39. The lowest BCUT2D eigenvalue weighted by atomic mass is 9.90. The second-order valence-corrected chi connectivity index (χ2v) is 9.92. The predicted molar refractivity (Wildman–Crippen MR) is 140 cm³/mol. The van der Waals surface area contributed by atoms with Crippen molar-refractivity contribution in [3.63, 3.8) is 0 Å². The number of halogens is 1. The Hall–Kier alpha value is -3.68. The molecule has 1 saturated heterocycles. The minimum atomic E-state index is -0.659. The molecule has 0 bridgehead atoms. The molecule has 0 radical (unpaired) electrons. The van der Waals surface area contributed by atoms with Crippen LogP contribution in [0.4, 0.5) is 4.39 Å². The molecule has 2 N–H and O–H groups in total. The van der Waals surface area contributed by atoms with Crippen LogP contribution in [-0.4, -0.2) is 54.2 Å². The number of piperidine rings is 1. The molecule has 196 valence electrons. The number of methoxy groups -OCH3 is 1. The molecule has 4 rings (SSSR count). The molecule has 2 aromatic carbocycles. The molecule has 7 nitrogen and oxygen atoms in total. The molecule has 37 heavy (non-hydrogen) atoms. The zero-order valence-electron chi connectivity index (χ0n) is 21.6. The van der Waals surface area contributed by atoms with E-state index < -0.39 is 11.7 Å². The highest BCUT2D eigenvalue weighted by Gasteiger charge is 2.28. The summed E-state index contributed by atoms with van der Waals surface area (Å²) >= 11 is 0. The molecule has 8 heteroatoms. The third kappa shape index (κ3) is 6.01. The molecule has 1 aromatic heterocycles. The quantitative estimate of drug-likeness (QED) is 0.323. The number of carbonyl (C=O) groups is 3. The number of ether oxygens (including phenoxy) is 1. The van der Waals surface area contributed by atoms with E-state index in [1.807, 2.05) is 26.0 Å². The van der Waals surface area contributed by atoms with E-state index in [0.717, 1.165) is 31.2 Å². The zero-order chi connectivity index (χ0) is 26.5. The fraction of sp³-hybridized carbons (Fsp3) is 0.414. The first kappa shape index (κ1) is 26.4. The Labute approximate surface area is 216 Å². The van der Waals surface area contributed by atoms with Crippen LogP contribution in [0.3, 0.4) is 0 Å². The summed E-state index contributed by atoms with van der Waals surface area (Å²) in [7, 11) is 1.50. The van der Waals surface area contributed by atoms with Gasteiger partial charge in [0, 0.05) is 42.8 Å². The van der Waals surface area contributed by atoms with Crippen molar-refractivity contribution in [3.05, 3.63) is 65.1 Å². The summed E-state index contributed by atoms with van der Waals surface area (Å²) in [6.07, 6.45) is 4.95. The average Bonchev–Trinajstić information content (AvgIpc) is 3.34. The van der Waals surface area contributed by atoms with E-state index in [4.69, 9.17) is 4.74 Å². The van der Waals surface area contributed by atoms with E-state index in [-0.39, 0.29) is 23.2 Å². The number of benzene rings is 2. The Morgan fingerprint density at radius 1 is 1.14 bits per heavy atom. The Morgan fingerprint density at radius 3 is 2.49 bits per heavy atom. The van der Waals surface area contributed by atoms with Crippen LogP contribution in [0.15, 0.2) is 42.6 Å². The number of carbonyl (C=O) groups excluding carboxylic acids is 3. The standard InChI is InChI=1S/C29H34FN3O4/c1-4-18(2)16-32-28(35)27(34)24-17-31-25-15-26(37-3)23(14-22(24)25)29(36)33-11-9-20(10-12-33)13-19-5-7-21(30)8-6-19/h5-8,14-15,17-18,20,31H,4,9-13,16H2,1-3H3,(H,32,35). The summed E-state index contributed by atoms with van der Waals surface area (Å²) in [6.45, 7) is 5.66. The Morgan fingerprint density at radius 2 is 1.84 bits per heavy atom. The van der Waals surface area contributed by atoms with Crippen molar-refractivity contribution in [2.45, 2.75) is 39.5 Å². The van der Waals surface area contributed by atoms with Crippen molar-refractivity contribution in [2.75, 3.05) is 26.7 Å². The molecule has 0 spiro atoms. The van der Waals surface area contributed by atoms with Gasteiger partial charge in [-0.1, -0.05) is 32.4 Å². The molecule has 1 aliphatic rings. The van der Waals surface area contributed by atoms with Gasteiger partial charge in [-0.05, 0) is 54.9 Å². The van der Waals surface area contributed by atoms with Gasteiger partial charge in [-0.3, -0.25) is 14.4 Å². The van der Waals surface area contributed by atoms with Crippen molar-refractivity contribution in [3.8, 4) is 5.75 Å². The number of aromatic nitrogens is 1. The molecule has 3 aromatic rings. The highest BCUT2D eigenvalue weighted by molar-refractivity contribution is 6.45. The maximum atomic E-state index is 13.5. The number of hydrogen-bond acceptors (Lipinski definition) is 4. The molecule has 0 saturated carbocycles. The predicted octanol–water partition coefficient (Wildman–Crippen LogP) is 4.76. The van der Waals surface area contributed by atoms with E-state index in [0.29, 0.717) is 47.8 Å². The van der Waals surface area contributed by atoms with E-state index >= 15 is 0 Å². The first-order valence-corrected chi connectivity index (χ1v) is 12.9. The molecule has 2 heterocycles. The third-order valence-corrected chi connectivity index (χ3v) is 7.33. The van der Waals surface area contributed by atoms with E-state index in [2.05, 4.69) is 10.3 Å². The van der Waals surface area contributed by atoms with Crippen LogP contribution in [0.25, 0.3) is 10.9 Å². The van der Waals surface area contributed by atoms with Crippen molar-refractivity contribution in [1.82, 2.24) is 15.2 Å². The molecular weight excluding hydrogens is 473 g/mol. The van der Waals surface area contributed by atoms with Crippen molar-refractivity contribution in [1.29, 1.82) is 0 Å². The normalized spacial score (nSPS) is 15.0. The number of fused-ring (bicyclic) bond motifs is 1. The van der Waals surface area contributed by atoms with Gasteiger partial charge in [-0.25, -0.2) is 4.39 Å². The van der Waals surface area contributed by atoms with Crippen LogP contribution >= 0.6 is 0 Å². The molecule has 1 atom stereocenters. The van der Waals surface area contributed by atoms with Gasteiger partial charge in [-0.15, -0.1) is 0 Å². The highest BCUT2D eigenvalue weighted by atomic mass is 19.1. The number of Topliss-reactive ketones (excluding diaryl/α,β-unsaturated/α-hetero) is 1. The molecular formula is C29H34FN3O4. The first-order chi connectivity index (χ1) is 17.8. The molecule has 1 aliphatic heterocycles. The number of hydrogen-bond donors (Lipinski definition) is 2. The summed E-state index contributed by atoms with van der Waals surface area (Å²) in [5.74, 6) is -0.607. The number of rotatable bonds is 9. The first-order valence-electron chi connectivity index (χ1n) is 12.9. The molecule has 1 unspecified atom stereocenters. The minimum absolute atomic E-state index is 0.167. The Balaban J connectivity index is 1.48. The number of likely N-dealkylation sites (tertiary alicyclic amines) is 1. The number of H-pyrrole nitrogens is 1. The summed E-state index contributed by atoms with van der Waals surface area (Å²) in [4.78, 5) is 43.7. The Kier molecular flexibility index (Phi) is 8.26. The lowest BCUT2D eigenvalue weighted by molar-refractivity contribution is -0.117. The summed E-state index contributed by atoms with van der Waals surface area (Å²) < 4.78 is 18.7. The van der Waals surface area contributed by atoms with Gasteiger partial charge >= 0.3 is 0 Å². The second-order valence-electron chi connectivity index (χ2n) is 9.92. The van der Waals surface area contributed by atoms with Crippen LogP contribution in [0.2, 0.25) is 0 Å². The van der Waals surface area contributed by atoms with Gasteiger partial charge in [0.2, 0.25) is 0 Å². The number of amides is 2. The maximum Gasteiger partial charge on any atom is 0.292 e. The van der Waals surface area contributed by atoms with E-state index in [1.165, 1.54) is 25.4 Å². The topological polar surface area (TPSA) is 91.5 Å². The van der Waals surface area contributed by atoms with Crippen molar-refractivity contribution < 1.29 is 23.5 Å². The number of ketones is 1. The number of nitrogens with zero attached hydrogens (tertiary/aromatic N) is 1. The largest absolute Gasteiger partial charge is 0.496 e. The Bertz CT molecular complexity index is 1280. The highest BCUT2D eigenvalue weighted by Crippen LogP contribution is 2.31. The smallest absolute Gasteiger partial charge is 0.292 e. The monoisotopic (exact) mass is 507 g/mol. The van der Waals surface area contributed by atoms with Crippen LogP contribution in [0.5, 0.6) is 5.75 Å². The van der Waals surface area contributed by atoms with E-state index in [1.54, 1.807) is 17.0 Å². The zero-order valence-corrected chi connectivity index (χ0v) is 21.6. The number of aromatic amines is 1. The van der Waals surface area contributed by atoms with Crippen LogP contribution in [0.1, 0.15) is 59.4 Å². The van der Waals surface area contributed by atoms with Gasteiger partial charge in [0.1, 0.15) is 11.6 Å². The van der Waals surface area contributed by atoms with Gasteiger partial charge in [0.15, 0.2) is 0 Å². The van der Waals surface area contributed by atoms with Gasteiger partial charge in [-0.2, -0.15) is 0 Å². The summed E-state index contributed by atoms with van der Waals surface area (Å²) in [5, 5.41) is 3.21. The molecule has 2 amide bonds. The second kappa shape index (κ2) is 11.6. The molecule has 1 fully saturated rings. The van der Waals surface area contributed by atoms with E-state index in [9.17, 15) is 18.8 Å². The average molecular weight is 508 g/mol. The van der Waals surface area contributed by atoms with Gasteiger partial charge in [0.25, 0.3) is 17.6 Å². The van der Waals surface area contributed by atoms with Crippen molar-refractivity contribution in [2.24, 2.45) is 11.8 Å². The fourth-order valence-corrected chi connectivity index (χ4v) is 4.75. The fourth-order valence-electron chi connectivity index (χ4n) is 4.75. The van der Waals surface area contributed by atoms with Crippen LogP contribution in [-0.2, 0) is 11.2 Å². The van der Waals surface area contributed by atoms with Gasteiger partial charge in [0.05, 0.1) is 18.2 Å². The van der Waals surface area contributed by atoms with Gasteiger partial charge < -0.3 is 19.9 Å². The van der Waals surface area contributed by atoms with Crippen LogP contribution in [0, 0.1) is 17.7 Å². The third-order valence-electron chi connectivity index (χ3n) is 7.33.